The van der Waals surface area contributed by atoms with Gasteiger partial charge in [0.2, 0.25) is 0 Å². The second kappa shape index (κ2) is 13.7. The van der Waals surface area contributed by atoms with Gasteiger partial charge in [-0.3, -0.25) is 0 Å². The van der Waals surface area contributed by atoms with E-state index in [4.69, 9.17) is 0 Å². The van der Waals surface area contributed by atoms with E-state index in [0.29, 0.717) is 0 Å². The maximum Gasteiger partial charge on any atom is 0.0896 e. The quantitative estimate of drug-likeness (QED) is 0.389. The first-order chi connectivity index (χ1) is 16.7. The molecule has 34 heavy (non-hydrogen) atoms. The molecule has 0 spiro atoms. The van der Waals surface area contributed by atoms with Gasteiger partial charge in [-0.05, 0) is 121 Å². The number of nitrogens with zero attached hydrogens (tertiary/aromatic N) is 1. The first-order valence-electron chi connectivity index (χ1n) is 15.8. The normalized spacial score (nSPS) is 27.6. The van der Waals surface area contributed by atoms with Crippen LogP contribution in [0.25, 0.3) is 0 Å². The zero-order chi connectivity index (χ0) is 23.6. The third-order valence-corrected chi connectivity index (χ3v) is 10.8. The van der Waals surface area contributed by atoms with Crippen LogP contribution in [0.1, 0.15) is 161 Å². The highest BCUT2D eigenvalue weighted by Gasteiger charge is 2.54. The topological polar surface area (TPSA) is 40.1 Å². The van der Waals surface area contributed by atoms with Crippen molar-refractivity contribution < 1.29 is 14.4 Å². The van der Waals surface area contributed by atoms with Gasteiger partial charge in [0.15, 0.2) is 0 Å². The van der Waals surface area contributed by atoms with Crippen LogP contribution in [0.3, 0.4) is 0 Å². The summed E-state index contributed by atoms with van der Waals surface area (Å²) in [5.74, 6) is -0.992. The Bertz CT molecular complexity index is 497. The number of carbonyl (C=O) groups is 1. The molecule has 5 rings (SSSR count). The Kier molecular flexibility index (Phi) is 10.6. The molecule has 0 aromatic heterocycles. The largest absolute Gasteiger partial charge is 0.550 e. The standard InChI is InChI=1S/C24H44N.C7H12O2/c1-5-13-21(14-6-1)25(22-15-7-2-8-16-22,23-17-9-3-10-18-23)24-19-11-4-12-20-24;8-7(9)6-4-2-1-3-5-6/h21-24H,1-20H2;6H,1-5H2,(H,8,9)/q+1;/p-1. The lowest BCUT2D eigenvalue weighted by Crippen LogP contribution is -2.72. The molecule has 3 nitrogen and oxygen atoms in total. The fourth-order valence-corrected chi connectivity index (χ4v) is 9.24. The van der Waals surface area contributed by atoms with Crippen molar-refractivity contribution in [1.29, 1.82) is 0 Å². The second-order valence-corrected chi connectivity index (χ2v) is 12.7. The van der Waals surface area contributed by atoms with Crippen molar-refractivity contribution in [1.82, 2.24) is 0 Å². The molecule has 196 valence electrons. The van der Waals surface area contributed by atoms with E-state index >= 15 is 0 Å². The fraction of sp³-hybridized carbons (Fsp3) is 0.968. The highest BCUT2D eigenvalue weighted by Crippen LogP contribution is 2.48. The van der Waals surface area contributed by atoms with Crippen LogP contribution in [-0.4, -0.2) is 34.6 Å². The summed E-state index contributed by atoms with van der Waals surface area (Å²) in [5, 5.41) is 10.2. The molecule has 0 N–H and O–H groups in total. The van der Waals surface area contributed by atoms with Crippen molar-refractivity contribution in [3.05, 3.63) is 0 Å². The monoisotopic (exact) mass is 473 g/mol. The number of quaternary nitrogens is 1. The lowest BCUT2D eigenvalue weighted by molar-refractivity contribution is -1.02. The SMILES string of the molecule is C1CCC([N+](C2CCCCC2)(C2CCCCC2)C2CCCCC2)CC1.O=C([O-])C1CCCCC1. The molecule has 0 saturated heterocycles. The summed E-state index contributed by atoms with van der Waals surface area (Å²) in [6, 6.07) is 4.18. The number of carboxylic acids is 1. The molecule has 5 fully saturated rings. The zero-order valence-corrected chi connectivity index (χ0v) is 22.3. The average Bonchev–Trinajstić information content (AvgIpc) is 2.93. The van der Waals surface area contributed by atoms with E-state index in [-0.39, 0.29) is 5.92 Å². The van der Waals surface area contributed by atoms with E-state index < -0.39 is 5.97 Å². The zero-order valence-electron chi connectivity index (χ0n) is 22.3. The lowest BCUT2D eigenvalue weighted by atomic mass is 9.76. The third kappa shape index (κ3) is 6.40. The van der Waals surface area contributed by atoms with Crippen LogP contribution in [-0.2, 0) is 4.79 Å². The van der Waals surface area contributed by atoms with Gasteiger partial charge in [-0.1, -0.05) is 44.9 Å². The number of aliphatic carboxylic acids is 1. The number of carbonyl (C=O) groups excluding carboxylic acids is 1. The smallest absolute Gasteiger partial charge is 0.0896 e. The molecule has 5 saturated carbocycles. The van der Waals surface area contributed by atoms with Gasteiger partial charge in [0.25, 0.3) is 0 Å². The van der Waals surface area contributed by atoms with Crippen molar-refractivity contribution in [2.45, 2.75) is 185 Å². The first-order valence-corrected chi connectivity index (χ1v) is 15.8. The molecule has 3 heteroatoms. The van der Waals surface area contributed by atoms with Gasteiger partial charge in [-0.2, -0.15) is 0 Å². The molecule has 0 atom stereocenters. The maximum absolute atomic E-state index is 10.2. The summed E-state index contributed by atoms with van der Waals surface area (Å²) in [6.07, 6.45) is 36.0. The van der Waals surface area contributed by atoms with Crippen molar-refractivity contribution in [3.63, 3.8) is 0 Å². The number of hydrogen-bond donors (Lipinski definition) is 0. The Morgan fingerprint density at radius 2 is 0.647 bits per heavy atom. The summed E-state index contributed by atoms with van der Waals surface area (Å²) in [6.45, 7) is 0. The molecular weight excluding hydrogens is 418 g/mol. The van der Waals surface area contributed by atoms with Crippen molar-refractivity contribution in [2.75, 3.05) is 0 Å². The van der Waals surface area contributed by atoms with Crippen LogP contribution in [0.4, 0.5) is 0 Å². The second-order valence-electron chi connectivity index (χ2n) is 12.7. The van der Waals surface area contributed by atoms with Crippen molar-refractivity contribution >= 4 is 5.97 Å². The van der Waals surface area contributed by atoms with E-state index in [0.717, 1.165) is 49.9 Å². The van der Waals surface area contributed by atoms with Crippen molar-refractivity contribution in [3.8, 4) is 0 Å². The Hall–Kier alpha value is -0.570. The minimum atomic E-state index is -0.852. The summed E-state index contributed by atoms with van der Waals surface area (Å²) < 4.78 is 1.67. The van der Waals surface area contributed by atoms with Crippen LogP contribution in [0, 0.1) is 5.92 Å². The van der Waals surface area contributed by atoms with E-state index in [1.165, 1.54) is 83.5 Å². The van der Waals surface area contributed by atoms with Gasteiger partial charge < -0.3 is 14.4 Å². The summed E-state index contributed by atoms with van der Waals surface area (Å²) in [5.41, 5.74) is 0. The van der Waals surface area contributed by atoms with E-state index in [1.54, 1.807) is 55.8 Å². The van der Waals surface area contributed by atoms with E-state index in [1.807, 2.05) is 0 Å². The molecule has 5 aliphatic carbocycles. The first kappa shape index (κ1) is 26.5. The lowest BCUT2D eigenvalue weighted by Gasteiger charge is -2.62. The Morgan fingerprint density at radius 3 is 0.853 bits per heavy atom. The van der Waals surface area contributed by atoms with Gasteiger partial charge in [0.1, 0.15) is 0 Å². The Morgan fingerprint density at radius 1 is 0.412 bits per heavy atom. The van der Waals surface area contributed by atoms with Crippen LogP contribution in [0.15, 0.2) is 0 Å². The van der Waals surface area contributed by atoms with Crippen molar-refractivity contribution in [2.24, 2.45) is 5.92 Å². The van der Waals surface area contributed by atoms with Gasteiger partial charge in [0, 0.05) is 5.97 Å². The molecule has 0 aromatic rings. The van der Waals surface area contributed by atoms with Gasteiger partial charge in [-0.15, -0.1) is 0 Å². The average molecular weight is 474 g/mol. The minimum absolute atomic E-state index is 0.140. The fourth-order valence-electron chi connectivity index (χ4n) is 9.24. The minimum Gasteiger partial charge on any atom is -0.550 e. The molecular formula is C31H55NO2. The molecule has 0 aromatic carbocycles. The molecule has 0 unspecified atom stereocenters. The van der Waals surface area contributed by atoms with Gasteiger partial charge in [-0.25, -0.2) is 0 Å². The van der Waals surface area contributed by atoms with E-state index in [2.05, 4.69) is 0 Å². The van der Waals surface area contributed by atoms with E-state index in [9.17, 15) is 9.90 Å². The summed E-state index contributed by atoms with van der Waals surface area (Å²) >= 11 is 0. The predicted molar refractivity (Wildman–Crippen MR) is 139 cm³/mol. The molecule has 0 heterocycles. The van der Waals surface area contributed by atoms with Crippen LogP contribution >= 0.6 is 0 Å². The summed E-state index contributed by atoms with van der Waals surface area (Å²) in [7, 11) is 0. The highest BCUT2D eigenvalue weighted by atomic mass is 16.4. The summed E-state index contributed by atoms with van der Waals surface area (Å²) in [4.78, 5) is 10.2. The van der Waals surface area contributed by atoms with Gasteiger partial charge in [0.05, 0.1) is 24.2 Å². The van der Waals surface area contributed by atoms with Crippen LogP contribution < -0.4 is 5.11 Å². The molecule has 0 radical (unpaired) electrons. The molecule has 0 amide bonds. The Balaban J connectivity index is 0.000000257. The van der Waals surface area contributed by atoms with Crippen LogP contribution in [0.2, 0.25) is 0 Å². The third-order valence-electron chi connectivity index (χ3n) is 10.8. The van der Waals surface area contributed by atoms with Crippen LogP contribution in [0.5, 0.6) is 0 Å². The molecule has 0 aliphatic heterocycles. The number of hydrogen-bond acceptors (Lipinski definition) is 2. The molecule has 5 aliphatic rings. The van der Waals surface area contributed by atoms with Gasteiger partial charge >= 0.3 is 0 Å². The predicted octanol–water partition coefficient (Wildman–Crippen LogP) is 7.45. The highest BCUT2D eigenvalue weighted by molar-refractivity contribution is 5.67. The molecule has 0 bridgehead atoms. The Labute approximate surface area is 211 Å². The maximum atomic E-state index is 10.2. The number of rotatable bonds is 5. The number of carboxylic acid groups (broad SMARTS) is 1.